The maximum atomic E-state index is 5.87. The highest BCUT2D eigenvalue weighted by Gasteiger charge is 2.26. The van der Waals surface area contributed by atoms with Gasteiger partial charge in [-0.1, -0.05) is 63.2 Å². The number of aryl methyl sites for hydroxylation is 2. The molecule has 3 nitrogen and oxygen atoms in total. The summed E-state index contributed by atoms with van der Waals surface area (Å²) in [6, 6.07) is 18.1. The molecule has 2 aromatic carbocycles. The molecule has 31 heavy (non-hydrogen) atoms. The summed E-state index contributed by atoms with van der Waals surface area (Å²) < 4.78 is 5.87. The zero-order valence-corrected chi connectivity index (χ0v) is 19.3. The molecular formula is C28H34N2O. The highest BCUT2D eigenvalue weighted by atomic mass is 16.5. The number of fused-ring (bicyclic) bond motifs is 1. The lowest BCUT2D eigenvalue weighted by atomic mass is 9.90. The van der Waals surface area contributed by atoms with Crippen molar-refractivity contribution in [1.29, 1.82) is 0 Å². The molecule has 0 saturated carbocycles. The Morgan fingerprint density at radius 3 is 2.39 bits per heavy atom. The van der Waals surface area contributed by atoms with Gasteiger partial charge >= 0.3 is 0 Å². The van der Waals surface area contributed by atoms with E-state index in [0.29, 0.717) is 6.04 Å². The summed E-state index contributed by atoms with van der Waals surface area (Å²) in [6.45, 7) is 8.64. The number of ether oxygens (including phenoxy) is 1. The number of hydrogen-bond donors (Lipinski definition) is 0. The molecule has 1 aliphatic rings. The first kappa shape index (κ1) is 21.6. The van der Waals surface area contributed by atoms with Gasteiger partial charge in [0, 0.05) is 42.5 Å². The SMILES string of the molecule is CCc1cccc(CC)c1-c1cc(OC)c(CN2CCc3ccccc3C2CC)cn1. The number of benzene rings is 2. The molecule has 4 rings (SSSR count). The predicted octanol–water partition coefficient (Wildman–Crippen LogP) is 6.39. The minimum absolute atomic E-state index is 0.446. The molecule has 3 heteroatoms. The standard InChI is InChI=1S/C28H34N2O/c1-5-20-12-10-13-21(6-2)28(20)25-17-27(31-4)23(18-29-25)19-30-16-15-22-11-8-9-14-24(22)26(30)7-3/h8-14,17-18,26H,5-7,15-16,19H2,1-4H3. The van der Waals surface area contributed by atoms with Gasteiger partial charge in [-0.3, -0.25) is 9.88 Å². The van der Waals surface area contributed by atoms with Crippen LogP contribution in [0.3, 0.4) is 0 Å². The Bertz CT molecular complexity index is 1020. The van der Waals surface area contributed by atoms with Gasteiger partial charge in [-0.05, 0) is 47.9 Å². The van der Waals surface area contributed by atoms with Gasteiger partial charge in [0.05, 0.1) is 12.8 Å². The maximum Gasteiger partial charge on any atom is 0.127 e. The summed E-state index contributed by atoms with van der Waals surface area (Å²) in [7, 11) is 1.78. The smallest absolute Gasteiger partial charge is 0.127 e. The Labute approximate surface area is 187 Å². The maximum absolute atomic E-state index is 5.87. The van der Waals surface area contributed by atoms with Crippen molar-refractivity contribution >= 4 is 0 Å². The number of aromatic nitrogens is 1. The molecule has 3 aromatic rings. The second-order valence-electron chi connectivity index (χ2n) is 8.38. The Balaban J connectivity index is 1.66. The lowest BCUT2D eigenvalue weighted by Crippen LogP contribution is -2.34. The van der Waals surface area contributed by atoms with Crippen molar-refractivity contribution in [2.45, 2.75) is 59.0 Å². The molecular weight excluding hydrogens is 380 g/mol. The van der Waals surface area contributed by atoms with Crippen LogP contribution in [-0.4, -0.2) is 23.5 Å². The quantitative estimate of drug-likeness (QED) is 0.448. The monoisotopic (exact) mass is 414 g/mol. The van der Waals surface area contributed by atoms with E-state index < -0.39 is 0 Å². The molecule has 0 amide bonds. The summed E-state index contributed by atoms with van der Waals surface area (Å²) in [5, 5.41) is 0. The van der Waals surface area contributed by atoms with E-state index in [1.807, 2.05) is 6.20 Å². The van der Waals surface area contributed by atoms with Crippen molar-refractivity contribution in [3.8, 4) is 17.0 Å². The largest absolute Gasteiger partial charge is 0.496 e. The van der Waals surface area contributed by atoms with Crippen LogP contribution < -0.4 is 4.74 Å². The Hall–Kier alpha value is -2.65. The van der Waals surface area contributed by atoms with Crippen LogP contribution in [0.2, 0.25) is 0 Å². The molecule has 0 fully saturated rings. The highest BCUT2D eigenvalue weighted by molar-refractivity contribution is 5.69. The lowest BCUT2D eigenvalue weighted by molar-refractivity contribution is 0.169. The van der Waals surface area contributed by atoms with Gasteiger partial charge < -0.3 is 4.74 Å². The van der Waals surface area contributed by atoms with Crippen molar-refractivity contribution in [2.24, 2.45) is 0 Å². The Kier molecular flexibility index (Phi) is 6.72. The Morgan fingerprint density at radius 2 is 1.71 bits per heavy atom. The Morgan fingerprint density at radius 1 is 0.968 bits per heavy atom. The predicted molar refractivity (Wildman–Crippen MR) is 129 cm³/mol. The van der Waals surface area contributed by atoms with Crippen LogP contribution in [-0.2, 0) is 25.8 Å². The molecule has 2 heterocycles. The first-order valence-electron chi connectivity index (χ1n) is 11.7. The van der Waals surface area contributed by atoms with Crippen LogP contribution in [0.5, 0.6) is 5.75 Å². The molecule has 0 spiro atoms. The molecule has 1 atom stereocenters. The third-order valence-corrected chi connectivity index (χ3v) is 6.70. The number of pyridine rings is 1. The van der Waals surface area contributed by atoms with E-state index in [1.54, 1.807) is 7.11 Å². The number of nitrogens with zero attached hydrogens (tertiary/aromatic N) is 2. The fraction of sp³-hybridized carbons (Fsp3) is 0.393. The topological polar surface area (TPSA) is 25.4 Å². The van der Waals surface area contributed by atoms with E-state index >= 15 is 0 Å². The van der Waals surface area contributed by atoms with Crippen LogP contribution in [0, 0.1) is 0 Å². The average molecular weight is 415 g/mol. The van der Waals surface area contributed by atoms with E-state index in [1.165, 1.54) is 27.8 Å². The van der Waals surface area contributed by atoms with Crippen molar-refractivity contribution in [1.82, 2.24) is 9.88 Å². The summed E-state index contributed by atoms with van der Waals surface area (Å²) in [5.41, 5.74) is 9.12. The third kappa shape index (κ3) is 4.24. The fourth-order valence-electron chi connectivity index (χ4n) is 5.07. The van der Waals surface area contributed by atoms with Gasteiger partial charge in [-0.25, -0.2) is 0 Å². The number of rotatable bonds is 7. The van der Waals surface area contributed by atoms with Crippen LogP contribution in [0.15, 0.2) is 54.7 Å². The zero-order valence-electron chi connectivity index (χ0n) is 19.3. The molecule has 1 aromatic heterocycles. The van der Waals surface area contributed by atoms with Gasteiger partial charge in [0.1, 0.15) is 5.75 Å². The van der Waals surface area contributed by atoms with E-state index in [0.717, 1.165) is 55.8 Å². The third-order valence-electron chi connectivity index (χ3n) is 6.70. The van der Waals surface area contributed by atoms with E-state index in [4.69, 9.17) is 9.72 Å². The molecule has 0 saturated heterocycles. The zero-order chi connectivity index (χ0) is 21.8. The van der Waals surface area contributed by atoms with Crippen molar-refractivity contribution in [2.75, 3.05) is 13.7 Å². The van der Waals surface area contributed by atoms with Gasteiger partial charge in [0.15, 0.2) is 0 Å². The van der Waals surface area contributed by atoms with Crippen LogP contribution in [0.1, 0.15) is 61.1 Å². The summed E-state index contributed by atoms with van der Waals surface area (Å²) in [6.07, 6.45) is 6.24. The van der Waals surface area contributed by atoms with Gasteiger partial charge in [0.25, 0.3) is 0 Å². The van der Waals surface area contributed by atoms with Gasteiger partial charge in [0.2, 0.25) is 0 Å². The number of hydrogen-bond acceptors (Lipinski definition) is 3. The number of methoxy groups -OCH3 is 1. The molecule has 0 N–H and O–H groups in total. The second kappa shape index (κ2) is 9.65. The van der Waals surface area contributed by atoms with Crippen LogP contribution >= 0.6 is 0 Å². The first-order chi connectivity index (χ1) is 15.2. The minimum Gasteiger partial charge on any atom is -0.496 e. The summed E-state index contributed by atoms with van der Waals surface area (Å²) >= 11 is 0. The molecule has 0 radical (unpaired) electrons. The highest BCUT2D eigenvalue weighted by Crippen LogP contribution is 2.36. The second-order valence-corrected chi connectivity index (χ2v) is 8.38. The molecule has 0 aliphatic carbocycles. The minimum atomic E-state index is 0.446. The van der Waals surface area contributed by atoms with Gasteiger partial charge in [-0.2, -0.15) is 0 Å². The van der Waals surface area contributed by atoms with Crippen LogP contribution in [0.25, 0.3) is 11.3 Å². The molecule has 0 bridgehead atoms. The van der Waals surface area contributed by atoms with Crippen LogP contribution in [0.4, 0.5) is 0 Å². The van der Waals surface area contributed by atoms with E-state index in [2.05, 4.69) is 74.2 Å². The first-order valence-corrected chi connectivity index (χ1v) is 11.7. The molecule has 162 valence electrons. The fourth-order valence-corrected chi connectivity index (χ4v) is 5.07. The average Bonchev–Trinajstić information content (AvgIpc) is 2.83. The van der Waals surface area contributed by atoms with E-state index in [-0.39, 0.29) is 0 Å². The summed E-state index contributed by atoms with van der Waals surface area (Å²) in [5.74, 6) is 0.937. The van der Waals surface area contributed by atoms with Crippen molar-refractivity contribution < 1.29 is 4.74 Å². The lowest BCUT2D eigenvalue weighted by Gasteiger charge is -2.37. The van der Waals surface area contributed by atoms with Gasteiger partial charge in [-0.15, -0.1) is 0 Å². The molecule has 1 aliphatic heterocycles. The summed E-state index contributed by atoms with van der Waals surface area (Å²) in [4.78, 5) is 7.51. The van der Waals surface area contributed by atoms with Crippen molar-refractivity contribution in [3.05, 3.63) is 82.5 Å². The van der Waals surface area contributed by atoms with Crippen molar-refractivity contribution in [3.63, 3.8) is 0 Å². The normalized spacial score (nSPS) is 16.2. The molecule has 1 unspecified atom stereocenters. The van der Waals surface area contributed by atoms with E-state index in [9.17, 15) is 0 Å².